The number of benzene rings is 1. The van der Waals surface area contributed by atoms with Gasteiger partial charge in [-0.05, 0) is 42.7 Å². The minimum Gasteiger partial charge on any atom is -0.393 e. The number of fused-ring (bicyclic) bond motifs is 1. The molecule has 0 saturated carbocycles. The molecule has 208 valence electrons. The molecule has 11 nitrogen and oxygen atoms in total. The maximum atomic E-state index is 12.9. The first-order valence-electron chi connectivity index (χ1n) is 13.8. The molecule has 4 aliphatic rings. The molecule has 6 rings (SSSR count). The highest BCUT2D eigenvalue weighted by Crippen LogP contribution is 2.21. The number of morpholine rings is 1. The zero-order chi connectivity index (χ0) is 27.5. The Morgan fingerprint density at radius 2 is 1.90 bits per heavy atom. The molecule has 2 amide bonds. The Kier molecular flexibility index (Phi) is 7.58. The molecule has 2 fully saturated rings. The molecule has 11 heteroatoms. The number of anilines is 2. The van der Waals surface area contributed by atoms with Gasteiger partial charge in [-0.2, -0.15) is 4.99 Å². The molecule has 1 unspecified atom stereocenters. The fourth-order valence-corrected chi connectivity index (χ4v) is 5.37. The number of aliphatic hydroxyl groups excluding tert-OH is 1. The number of amides is 2. The van der Waals surface area contributed by atoms with Crippen molar-refractivity contribution >= 4 is 29.2 Å². The Balaban J connectivity index is 1.16. The third-order valence-corrected chi connectivity index (χ3v) is 7.65. The van der Waals surface area contributed by atoms with Gasteiger partial charge in [-0.15, -0.1) is 0 Å². The van der Waals surface area contributed by atoms with Gasteiger partial charge < -0.3 is 25.0 Å². The predicted octanol–water partition coefficient (Wildman–Crippen LogP) is 0.579. The van der Waals surface area contributed by atoms with Crippen molar-refractivity contribution in [1.82, 2.24) is 14.8 Å². The van der Waals surface area contributed by atoms with Crippen LogP contribution < -0.4 is 15.1 Å². The largest absolute Gasteiger partial charge is 0.393 e. The SMILES string of the molecule is O=C(Cc1cccc(N2C=C(Nc3ccc(C(=O)N4CCOCC4)cn3)C3=NC=C[NH+]3C2)c1)N1CCC(O)CC1. The average molecular weight is 545 g/mol. The quantitative estimate of drug-likeness (QED) is 0.488. The van der Waals surface area contributed by atoms with Crippen LogP contribution in [0.4, 0.5) is 11.5 Å². The van der Waals surface area contributed by atoms with Crippen molar-refractivity contribution in [2.75, 3.05) is 56.3 Å². The Labute approximate surface area is 233 Å². The maximum absolute atomic E-state index is 12.9. The van der Waals surface area contributed by atoms with E-state index in [0.717, 1.165) is 27.7 Å². The van der Waals surface area contributed by atoms with Crippen LogP contribution in [0, 0.1) is 0 Å². The van der Waals surface area contributed by atoms with E-state index in [9.17, 15) is 14.7 Å². The number of carbonyl (C=O) groups excluding carboxylic acids is 2. The maximum Gasteiger partial charge on any atom is 0.257 e. The fraction of sp³-hybridized carbons (Fsp3) is 0.379. The van der Waals surface area contributed by atoms with Gasteiger partial charge in [0.25, 0.3) is 11.7 Å². The summed E-state index contributed by atoms with van der Waals surface area (Å²) in [5.74, 6) is 1.53. The van der Waals surface area contributed by atoms with E-state index >= 15 is 0 Å². The lowest BCUT2D eigenvalue weighted by atomic mass is 10.1. The number of aliphatic hydroxyl groups is 1. The molecule has 2 aromatic rings. The van der Waals surface area contributed by atoms with E-state index in [-0.39, 0.29) is 17.9 Å². The summed E-state index contributed by atoms with van der Waals surface area (Å²) in [5.41, 5.74) is 3.28. The molecule has 0 radical (unpaired) electrons. The monoisotopic (exact) mass is 544 g/mol. The van der Waals surface area contributed by atoms with Gasteiger partial charge in [0, 0.05) is 44.3 Å². The Hall–Kier alpha value is -4.06. The lowest BCUT2D eigenvalue weighted by Crippen LogP contribution is -3.12. The summed E-state index contributed by atoms with van der Waals surface area (Å²) in [6.07, 6.45) is 8.71. The van der Waals surface area contributed by atoms with Crippen LogP contribution in [-0.2, 0) is 16.0 Å². The number of quaternary nitrogens is 1. The first-order chi connectivity index (χ1) is 19.5. The molecule has 5 heterocycles. The number of hydrogen-bond acceptors (Lipinski definition) is 8. The summed E-state index contributed by atoms with van der Waals surface area (Å²) in [6, 6.07) is 11.6. The summed E-state index contributed by atoms with van der Waals surface area (Å²) in [5, 5.41) is 13.1. The number of ether oxygens (including phenoxy) is 1. The molecule has 0 aliphatic carbocycles. The molecule has 1 aromatic carbocycles. The first kappa shape index (κ1) is 26.2. The van der Waals surface area contributed by atoms with Crippen LogP contribution in [-0.4, -0.2) is 89.7 Å². The lowest BCUT2D eigenvalue weighted by Gasteiger charge is -2.30. The number of aromatic nitrogens is 1. The van der Waals surface area contributed by atoms with E-state index in [1.807, 2.05) is 41.6 Å². The van der Waals surface area contributed by atoms with E-state index in [1.165, 1.54) is 0 Å². The van der Waals surface area contributed by atoms with Crippen LogP contribution in [0.15, 0.2) is 71.9 Å². The second-order valence-corrected chi connectivity index (χ2v) is 10.4. The molecule has 40 heavy (non-hydrogen) atoms. The average Bonchev–Trinajstić information content (AvgIpc) is 3.47. The van der Waals surface area contributed by atoms with Gasteiger partial charge in [0.2, 0.25) is 5.91 Å². The van der Waals surface area contributed by atoms with Crippen molar-refractivity contribution in [2.24, 2.45) is 4.99 Å². The van der Waals surface area contributed by atoms with Gasteiger partial charge in [-0.25, -0.2) is 9.88 Å². The number of nitrogens with zero attached hydrogens (tertiary/aromatic N) is 5. The molecule has 0 spiro atoms. The number of hydrogen-bond donors (Lipinski definition) is 3. The van der Waals surface area contributed by atoms with Crippen LogP contribution in [0.2, 0.25) is 0 Å². The summed E-state index contributed by atoms with van der Waals surface area (Å²) in [4.78, 5) is 41.5. The third kappa shape index (κ3) is 5.76. The highest BCUT2D eigenvalue weighted by atomic mass is 16.5. The Bertz CT molecular complexity index is 1340. The Morgan fingerprint density at radius 3 is 2.67 bits per heavy atom. The van der Waals surface area contributed by atoms with Crippen molar-refractivity contribution in [1.29, 1.82) is 0 Å². The normalized spacial score (nSPS) is 21.1. The smallest absolute Gasteiger partial charge is 0.257 e. The lowest BCUT2D eigenvalue weighted by molar-refractivity contribution is -0.743. The van der Waals surface area contributed by atoms with Gasteiger partial charge in [-0.1, -0.05) is 12.1 Å². The van der Waals surface area contributed by atoms with E-state index in [4.69, 9.17) is 4.74 Å². The topological polar surface area (TPSA) is 115 Å². The van der Waals surface area contributed by atoms with Crippen molar-refractivity contribution in [2.45, 2.75) is 25.4 Å². The van der Waals surface area contributed by atoms with Crippen molar-refractivity contribution < 1.29 is 24.3 Å². The molecule has 0 bridgehead atoms. The van der Waals surface area contributed by atoms with Crippen LogP contribution in [0.3, 0.4) is 0 Å². The number of likely N-dealkylation sites (tertiary alicyclic amines) is 1. The van der Waals surface area contributed by atoms with Gasteiger partial charge >= 0.3 is 0 Å². The van der Waals surface area contributed by atoms with Crippen molar-refractivity contribution in [3.8, 4) is 0 Å². The standard InChI is InChI=1S/C29H33N7O4/c37-24-6-9-33(10-7-24)27(38)17-21-2-1-3-23(16-21)36-19-25(28-30-8-11-35(28)20-36)32-26-5-4-22(18-31-26)29(39)34-12-14-40-15-13-34/h1-5,8,11,16,18-19,24,37H,6-7,9-10,12-15,17,20H2,(H,31,32)/p+1. The van der Waals surface area contributed by atoms with E-state index < -0.39 is 0 Å². The van der Waals surface area contributed by atoms with Crippen LogP contribution in [0.25, 0.3) is 0 Å². The van der Waals surface area contributed by atoms with Gasteiger partial charge in [0.1, 0.15) is 17.7 Å². The van der Waals surface area contributed by atoms with Crippen molar-refractivity contribution in [3.05, 3.63) is 78.0 Å². The highest BCUT2D eigenvalue weighted by Gasteiger charge is 2.31. The summed E-state index contributed by atoms with van der Waals surface area (Å²) < 4.78 is 5.34. The highest BCUT2D eigenvalue weighted by molar-refractivity contribution is 5.97. The number of nitrogens with one attached hydrogen (secondary N) is 2. The van der Waals surface area contributed by atoms with E-state index in [1.54, 1.807) is 23.4 Å². The number of pyridine rings is 1. The predicted molar refractivity (Wildman–Crippen MR) is 150 cm³/mol. The van der Waals surface area contributed by atoms with E-state index in [0.29, 0.717) is 76.7 Å². The van der Waals surface area contributed by atoms with Crippen molar-refractivity contribution in [3.63, 3.8) is 0 Å². The zero-order valence-electron chi connectivity index (χ0n) is 22.3. The first-order valence-corrected chi connectivity index (χ1v) is 13.8. The van der Waals surface area contributed by atoms with Crippen LogP contribution in [0.5, 0.6) is 0 Å². The molecule has 4 aliphatic heterocycles. The summed E-state index contributed by atoms with van der Waals surface area (Å²) in [6.45, 7) is 4.15. The molecule has 2 saturated heterocycles. The number of carbonyl (C=O) groups is 2. The van der Waals surface area contributed by atoms with Gasteiger partial charge in [0.05, 0.1) is 37.5 Å². The minimum absolute atomic E-state index is 0.0402. The second kappa shape index (κ2) is 11.6. The number of aliphatic imine (C=N–C) groups is 1. The van der Waals surface area contributed by atoms with Gasteiger partial charge in [-0.3, -0.25) is 14.5 Å². The molecule has 1 atom stereocenters. The fourth-order valence-electron chi connectivity index (χ4n) is 5.37. The molecule has 1 aromatic heterocycles. The summed E-state index contributed by atoms with van der Waals surface area (Å²) >= 11 is 0. The number of piperidine rings is 1. The van der Waals surface area contributed by atoms with E-state index in [2.05, 4.69) is 26.3 Å². The molecular weight excluding hydrogens is 510 g/mol. The van der Waals surface area contributed by atoms with Crippen LogP contribution in [0.1, 0.15) is 28.8 Å². The Morgan fingerprint density at radius 1 is 1.07 bits per heavy atom. The summed E-state index contributed by atoms with van der Waals surface area (Å²) in [7, 11) is 0. The number of amidine groups is 1. The third-order valence-electron chi connectivity index (χ3n) is 7.65. The molecule has 3 N–H and O–H groups in total. The zero-order valence-corrected chi connectivity index (χ0v) is 22.3. The molecular formula is C29H34N7O4+. The number of rotatable bonds is 6. The van der Waals surface area contributed by atoms with Gasteiger partial charge in [0.15, 0.2) is 6.67 Å². The second-order valence-electron chi connectivity index (χ2n) is 10.4. The van der Waals surface area contributed by atoms with Crippen LogP contribution >= 0.6 is 0 Å². The minimum atomic E-state index is -0.303.